The Morgan fingerprint density at radius 1 is 1.45 bits per heavy atom. The van der Waals surface area contributed by atoms with Gasteiger partial charge in [-0.15, -0.1) is 11.3 Å². The molecule has 1 saturated heterocycles. The molecule has 2 aromatic rings. The molecule has 1 atom stereocenters. The van der Waals surface area contributed by atoms with E-state index in [1.54, 1.807) is 11.3 Å². The van der Waals surface area contributed by atoms with Gasteiger partial charge in [-0.25, -0.2) is 4.98 Å². The number of amides is 1. The van der Waals surface area contributed by atoms with E-state index in [1.807, 2.05) is 48.0 Å². The molecule has 1 aliphatic heterocycles. The van der Waals surface area contributed by atoms with Crippen LogP contribution in [0.5, 0.6) is 0 Å². The Bertz CT molecular complexity index is 613. The Balaban J connectivity index is 1.64. The summed E-state index contributed by atoms with van der Waals surface area (Å²) in [6.07, 6.45) is 1.82. The van der Waals surface area contributed by atoms with Crippen LogP contribution in [0.1, 0.15) is 35.3 Å². The number of rotatable bonds is 3. The van der Waals surface area contributed by atoms with Crippen molar-refractivity contribution >= 4 is 17.2 Å². The molecule has 0 bridgehead atoms. The predicted molar refractivity (Wildman–Crippen MR) is 77.8 cm³/mol. The van der Waals surface area contributed by atoms with Crippen LogP contribution in [0.15, 0.2) is 17.6 Å². The summed E-state index contributed by atoms with van der Waals surface area (Å²) in [5.74, 6) is 0.551. The number of aryl methyl sites for hydroxylation is 2. The molecular formula is C14H18N4OS. The van der Waals surface area contributed by atoms with E-state index in [0.717, 1.165) is 29.5 Å². The van der Waals surface area contributed by atoms with Gasteiger partial charge < -0.3 is 4.90 Å². The first-order chi connectivity index (χ1) is 9.56. The van der Waals surface area contributed by atoms with Gasteiger partial charge in [-0.05, 0) is 26.8 Å². The highest BCUT2D eigenvalue weighted by atomic mass is 32.1. The van der Waals surface area contributed by atoms with Crippen LogP contribution in [0.25, 0.3) is 0 Å². The van der Waals surface area contributed by atoms with Crippen LogP contribution < -0.4 is 0 Å². The number of hydrogen-bond acceptors (Lipinski definition) is 4. The molecule has 6 heteroatoms. The van der Waals surface area contributed by atoms with Crippen molar-refractivity contribution in [3.8, 4) is 0 Å². The minimum absolute atomic E-state index is 0.143. The number of nitrogens with zero attached hydrogens (tertiary/aromatic N) is 4. The standard InChI is InChI=1S/C14H18N4OS/c1-9-6-10(2)18(16-9)11(3)14(19)17-7-12(8-17)13-15-4-5-20-13/h4-6,11-12H,7-8H2,1-3H3/t11-/m1/s1. The summed E-state index contributed by atoms with van der Waals surface area (Å²) >= 11 is 1.66. The number of carbonyl (C=O) groups is 1. The summed E-state index contributed by atoms with van der Waals surface area (Å²) in [6, 6.07) is 1.76. The number of likely N-dealkylation sites (tertiary alicyclic amines) is 1. The van der Waals surface area contributed by atoms with E-state index < -0.39 is 0 Å². The molecule has 0 saturated carbocycles. The van der Waals surface area contributed by atoms with Crippen LogP contribution in [-0.2, 0) is 4.79 Å². The molecule has 0 spiro atoms. The summed E-state index contributed by atoms with van der Waals surface area (Å²) in [5.41, 5.74) is 1.98. The Morgan fingerprint density at radius 2 is 2.20 bits per heavy atom. The fraction of sp³-hybridized carbons (Fsp3) is 0.500. The molecule has 1 amide bonds. The van der Waals surface area contributed by atoms with Crippen LogP contribution in [0.2, 0.25) is 0 Å². The highest BCUT2D eigenvalue weighted by Gasteiger charge is 2.36. The van der Waals surface area contributed by atoms with Crippen molar-refractivity contribution in [2.45, 2.75) is 32.7 Å². The van der Waals surface area contributed by atoms with Gasteiger partial charge in [-0.1, -0.05) is 0 Å². The zero-order valence-electron chi connectivity index (χ0n) is 11.9. The molecule has 2 aromatic heterocycles. The Kier molecular flexibility index (Phi) is 3.33. The van der Waals surface area contributed by atoms with Gasteiger partial charge >= 0.3 is 0 Å². The predicted octanol–water partition coefficient (Wildman–Crippen LogP) is 2.14. The third-order valence-corrected chi connectivity index (χ3v) is 4.70. The maximum absolute atomic E-state index is 12.5. The van der Waals surface area contributed by atoms with Crippen LogP contribution >= 0.6 is 11.3 Å². The van der Waals surface area contributed by atoms with Crippen molar-refractivity contribution in [3.05, 3.63) is 34.0 Å². The summed E-state index contributed by atoms with van der Waals surface area (Å²) in [6.45, 7) is 7.39. The van der Waals surface area contributed by atoms with E-state index in [1.165, 1.54) is 0 Å². The number of aromatic nitrogens is 3. The maximum Gasteiger partial charge on any atom is 0.247 e. The van der Waals surface area contributed by atoms with Crippen molar-refractivity contribution in [2.75, 3.05) is 13.1 Å². The minimum Gasteiger partial charge on any atom is -0.339 e. The second-order valence-electron chi connectivity index (χ2n) is 5.36. The first-order valence-corrected chi connectivity index (χ1v) is 7.65. The van der Waals surface area contributed by atoms with Gasteiger partial charge in [0.2, 0.25) is 5.91 Å². The third-order valence-electron chi connectivity index (χ3n) is 3.76. The van der Waals surface area contributed by atoms with Crippen LogP contribution in [-0.4, -0.2) is 38.7 Å². The zero-order valence-corrected chi connectivity index (χ0v) is 12.7. The molecule has 0 radical (unpaired) electrons. The van der Waals surface area contributed by atoms with Gasteiger partial charge in [0.1, 0.15) is 6.04 Å². The van der Waals surface area contributed by atoms with E-state index in [-0.39, 0.29) is 11.9 Å². The van der Waals surface area contributed by atoms with Gasteiger partial charge in [0.05, 0.1) is 10.7 Å². The lowest BCUT2D eigenvalue weighted by Crippen LogP contribution is -2.50. The van der Waals surface area contributed by atoms with E-state index in [2.05, 4.69) is 10.1 Å². The van der Waals surface area contributed by atoms with Crippen LogP contribution in [0, 0.1) is 13.8 Å². The van der Waals surface area contributed by atoms with Gasteiger partial charge in [-0.3, -0.25) is 9.48 Å². The summed E-state index contributed by atoms with van der Waals surface area (Å²) in [4.78, 5) is 18.7. The van der Waals surface area contributed by atoms with Crippen molar-refractivity contribution in [3.63, 3.8) is 0 Å². The molecular weight excluding hydrogens is 272 g/mol. The fourth-order valence-electron chi connectivity index (χ4n) is 2.66. The fourth-order valence-corrected chi connectivity index (χ4v) is 3.38. The third kappa shape index (κ3) is 2.24. The lowest BCUT2D eigenvalue weighted by atomic mass is 10.00. The largest absolute Gasteiger partial charge is 0.339 e. The average molecular weight is 290 g/mol. The Hall–Kier alpha value is -1.69. The van der Waals surface area contributed by atoms with Crippen molar-refractivity contribution < 1.29 is 4.79 Å². The molecule has 3 rings (SSSR count). The molecule has 106 valence electrons. The molecule has 0 unspecified atom stereocenters. The molecule has 1 fully saturated rings. The summed E-state index contributed by atoms with van der Waals surface area (Å²) < 4.78 is 1.81. The van der Waals surface area contributed by atoms with Gasteiger partial charge in [0.25, 0.3) is 0 Å². The molecule has 3 heterocycles. The zero-order chi connectivity index (χ0) is 14.3. The summed E-state index contributed by atoms with van der Waals surface area (Å²) in [5, 5.41) is 7.52. The van der Waals surface area contributed by atoms with E-state index >= 15 is 0 Å². The van der Waals surface area contributed by atoms with Crippen LogP contribution in [0.3, 0.4) is 0 Å². The first-order valence-electron chi connectivity index (χ1n) is 6.77. The van der Waals surface area contributed by atoms with Gasteiger partial charge in [0.15, 0.2) is 0 Å². The monoisotopic (exact) mass is 290 g/mol. The lowest BCUT2D eigenvalue weighted by molar-refractivity contribution is -0.139. The molecule has 0 N–H and O–H groups in total. The number of thiazole rings is 1. The van der Waals surface area contributed by atoms with Crippen LogP contribution in [0.4, 0.5) is 0 Å². The lowest BCUT2D eigenvalue weighted by Gasteiger charge is -2.39. The normalized spacial score (nSPS) is 17.1. The van der Waals surface area contributed by atoms with Crippen molar-refractivity contribution in [2.24, 2.45) is 0 Å². The highest BCUT2D eigenvalue weighted by molar-refractivity contribution is 7.09. The molecule has 1 aliphatic rings. The van der Waals surface area contributed by atoms with Gasteiger partial charge in [0, 0.05) is 36.3 Å². The van der Waals surface area contributed by atoms with E-state index in [0.29, 0.717) is 5.92 Å². The number of carbonyl (C=O) groups excluding carboxylic acids is 1. The molecule has 20 heavy (non-hydrogen) atoms. The highest BCUT2D eigenvalue weighted by Crippen LogP contribution is 2.30. The Labute approximate surface area is 122 Å². The quantitative estimate of drug-likeness (QED) is 0.870. The van der Waals surface area contributed by atoms with Crippen molar-refractivity contribution in [1.29, 1.82) is 0 Å². The molecule has 5 nitrogen and oxygen atoms in total. The Morgan fingerprint density at radius 3 is 2.75 bits per heavy atom. The average Bonchev–Trinajstić information content (AvgIpc) is 2.96. The summed E-state index contributed by atoms with van der Waals surface area (Å²) in [7, 11) is 0. The number of hydrogen-bond donors (Lipinski definition) is 0. The first kappa shape index (κ1) is 13.3. The maximum atomic E-state index is 12.5. The smallest absolute Gasteiger partial charge is 0.247 e. The van der Waals surface area contributed by atoms with E-state index in [9.17, 15) is 4.79 Å². The minimum atomic E-state index is -0.235. The van der Waals surface area contributed by atoms with Crippen molar-refractivity contribution in [1.82, 2.24) is 19.7 Å². The second-order valence-corrected chi connectivity index (χ2v) is 6.28. The molecule has 0 aliphatic carbocycles. The second kappa shape index (κ2) is 5.01. The molecule has 0 aromatic carbocycles. The topological polar surface area (TPSA) is 51.0 Å². The SMILES string of the molecule is Cc1cc(C)n([C@H](C)C(=O)N2CC(c3nccs3)C2)n1. The van der Waals surface area contributed by atoms with Gasteiger partial charge in [-0.2, -0.15) is 5.10 Å². The van der Waals surface area contributed by atoms with E-state index in [4.69, 9.17) is 0 Å².